The van der Waals surface area contributed by atoms with Crippen LogP contribution in [0.15, 0.2) is 52.0 Å². The van der Waals surface area contributed by atoms with Crippen LogP contribution in [0.3, 0.4) is 0 Å². The molecule has 0 unspecified atom stereocenters. The molecule has 0 saturated carbocycles. The molecule has 29 heavy (non-hydrogen) atoms. The molecule has 1 atom stereocenters. The first-order valence-corrected chi connectivity index (χ1v) is 9.60. The van der Waals surface area contributed by atoms with Crippen molar-refractivity contribution in [2.75, 3.05) is 13.7 Å². The standard InChI is InChI=1S/C20H22BrN3O5/c1-3-29-20(27)23-16(14-7-5-4-6-8-14)11-18(25)24-22-12-13-9-15(21)19(26)17(10-13)28-2/h4-10,12,16,26H,3,11H2,1-2H3,(H,23,27)(H,24,25)/b22-12-/t16-/m1/s1. The van der Waals surface area contributed by atoms with Crippen molar-refractivity contribution in [2.45, 2.75) is 19.4 Å². The summed E-state index contributed by atoms with van der Waals surface area (Å²) in [6.07, 6.45) is 0.794. The number of hydrogen-bond acceptors (Lipinski definition) is 6. The zero-order chi connectivity index (χ0) is 21.2. The molecule has 2 aromatic rings. The van der Waals surface area contributed by atoms with Crippen LogP contribution in [0.4, 0.5) is 4.79 Å². The maximum absolute atomic E-state index is 12.3. The molecule has 2 amide bonds. The lowest BCUT2D eigenvalue weighted by atomic mass is 10.0. The van der Waals surface area contributed by atoms with E-state index in [1.54, 1.807) is 19.1 Å². The van der Waals surface area contributed by atoms with Gasteiger partial charge >= 0.3 is 6.09 Å². The van der Waals surface area contributed by atoms with E-state index in [4.69, 9.17) is 9.47 Å². The number of hydrazone groups is 1. The molecule has 0 aliphatic rings. The Balaban J connectivity index is 2.03. The van der Waals surface area contributed by atoms with Crippen molar-refractivity contribution in [2.24, 2.45) is 5.10 Å². The van der Waals surface area contributed by atoms with Gasteiger partial charge in [0.25, 0.3) is 0 Å². The minimum atomic E-state index is -0.598. The highest BCUT2D eigenvalue weighted by atomic mass is 79.9. The van der Waals surface area contributed by atoms with Crippen molar-refractivity contribution in [3.63, 3.8) is 0 Å². The fraction of sp³-hybridized carbons (Fsp3) is 0.250. The van der Waals surface area contributed by atoms with Crippen LogP contribution >= 0.6 is 15.9 Å². The summed E-state index contributed by atoms with van der Waals surface area (Å²) in [5, 5.41) is 16.4. The summed E-state index contributed by atoms with van der Waals surface area (Å²) < 4.78 is 10.4. The van der Waals surface area contributed by atoms with Gasteiger partial charge in [-0.3, -0.25) is 4.79 Å². The van der Waals surface area contributed by atoms with Crippen molar-refractivity contribution in [1.29, 1.82) is 0 Å². The number of nitrogens with one attached hydrogen (secondary N) is 2. The molecule has 0 fully saturated rings. The lowest BCUT2D eigenvalue weighted by Gasteiger charge is -2.18. The first-order valence-electron chi connectivity index (χ1n) is 8.81. The number of aromatic hydroxyl groups is 1. The van der Waals surface area contributed by atoms with Crippen LogP contribution in [-0.2, 0) is 9.53 Å². The van der Waals surface area contributed by atoms with Crippen LogP contribution in [0.5, 0.6) is 11.5 Å². The summed E-state index contributed by atoms with van der Waals surface area (Å²) in [6, 6.07) is 11.8. The van der Waals surface area contributed by atoms with Crippen LogP contribution in [0.25, 0.3) is 0 Å². The van der Waals surface area contributed by atoms with E-state index >= 15 is 0 Å². The minimum absolute atomic E-state index is 0.0237. The molecule has 154 valence electrons. The monoisotopic (exact) mass is 463 g/mol. The van der Waals surface area contributed by atoms with E-state index < -0.39 is 18.0 Å². The predicted octanol–water partition coefficient (Wildman–Crippen LogP) is 3.49. The van der Waals surface area contributed by atoms with Gasteiger partial charge in [0.1, 0.15) is 0 Å². The highest BCUT2D eigenvalue weighted by Crippen LogP contribution is 2.34. The Kier molecular flexibility index (Phi) is 8.47. The van der Waals surface area contributed by atoms with Crippen LogP contribution in [0.1, 0.15) is 30.5 Å². The molecule has 0 aliphatic carbocycles. The zero-order valence-electron chi connectivity index (χ0n) is 16.0. The summed E-state index contributed by atoms with van der Waals surface area (Å²) in [5.41, 5.74) is 3.81. The number of carbonyl (C=O) groups excluding carboxylic acids is 2. The first-order chi connectivity index (χ1) is 13.9. The van der Waals surface area contributed by atoms with E-state index in [0.717, 1.165) is 5.56 Å². The molecule has 0 bridgehead atoms. The second-order valence-electron chi connectivity index (χ2n) is 5.88. The number of halogens is 1. The van der Waals surface area contributed by atoms with E-state index in [2.05, 4.69) is 31.8 Å². The minimum Gasteiger partial charge on any atom is -0.503 e. The molecule has 0 heterocycles. The fourth-order valence-corrected chi connectivity index (χ4v) is 2.95. The number of ether oxygens (including phenoxy) is 2. The Morgan fingerprint density at radius 1 is 1.28 bits per heavy atom. The number of phenols is 1. The number of rotatable bonds is 8. The fourth-order valence-electron chi connectivity index (χ4n) is 2.49. The highest BCUT2D eigenvalue weighted by molar-refractivity contribution is 9.10. The molecule has 3 N–H and O–H groups in total. The van der Waals surface area contributed by atoms with Crippen LogP contribution < -0.4 is 15.5 Å². The molecule has 8 nitrogen and oxygen atoms in total. The van der Waals surface area contributed by atoms with Crippen molar-refractivity contribution in [1.82, 2.24) is 10.7 Å². The SMILES string of the molecule is CCOC(=O)N[C@H](CC(=O)N/N=C\c1cc(Br)c(O)c(OC)c1)c1ccccc1. The largest absolute Gasteiger partial charge is 0.503 e. The molecule has 2 rings (SSSR count). The van der Waals surface area contributed by atoms with Gasteiger partial charge in [0, 0.05) is 0 Å². The van der Waals surface area contributed by atoms with Gasteiger partial charge < -0.3 is 19.9 Å². The van der Waals surface area contributed by atoms with E-state index in [9.17, 15) is 14.7 Å². The molecule has 0 saturated heterocycles. The third-order valence-electron chi connectivity index (χ3n) is 3.83. The Hall–Kier alpha value is -3.07. The number of nitrogens with zero attached hydrogens (tertiary/aromatic N) is 1. The second-order valence-corrected chi connectivity index (χ2v) is 6.73. The molecule has 0 spiro atoms. The molecular weight excluding hydrogens is 442 g/mol. The average Bonchev–Trinajstić information content (AvgIpc) is 2.70. The Bertz CT molecular complexity index is 874. The Labute approximate surface area is 177 Å². The quantitative estimate of drug-likeness (QED) is 0.410. The molecule has 0 radical (unpaired) electrons. The zero-order valence-corrected chi connectivity index (χ0v) is 17.6. The molecule has 9 heteroatoms. The lowest BCUT2D eigenvalue weighted by molar-refractivity contribution is -0.121. The van der Waals surface area contributed by atoms with Gasteiger partial charge in [0.2, 0.25) is 5.91 Å². The number of alkyl carbamates (subject to hydrolysis) is 1. The number of phenolic OH excluding ortho intramolecular Hbond substituents is 1. The summed E-state index contributed by atoms with van der Waals surface area (Å²) >= 11 is 3.22. The van der Waals surface area contributed by atoms with Crippen molar-refractivity contribution < 1.29 is 24.2 Å². The summed E-state index contributed by atoms with van der Waals surface area (Å²) in [6.45, 7) is 1.94. The van der Waals surface area contributed by atoms with Gasteiger partial charge in [-0.25, -0.2) is 10.2 Å². The van der Waals surface area contributed by atoms with Gasteiger partial charge in [-0.05, 0) is 46.1 Å². The van der Waals surface area contributed by atoms with Gasteiger partial charge in [-0.1, -0.05) is 30.3 Å². The second kappa shape index (κ2) is 11.1. The highest BCUT2D eigenvalue weighted by Gasteiger charge is 2.18. The third kappa shape index (κ3) is 6.79. The van der Waals surface area contributed by atoms with Crippen LogP contribution in [0, 0.1) is 0 Å². The van der Waals surface area contributed by atoms with Crippen molar-refractivity contribution in [3.8, 4) is 11.5 Å². The maximum Gasteiger partial charge on any atom is 0.407 e. The van der Waals surface area contributed by atoms with E-state index in [-0.39, 0.29) is 24.5 Å². The molecule has 2 aromatic carbocycles. The summed E-state index contributed by atoms with van der Waals surface area (Å²) in [4.78, 5) is 24.1. The third-order valence-corrected chi connectivity index (χ3v) is 4.44. The average molecular weight is 464 g/mol. The molecule has 0 aromatic heterocycles. The Morgan fingerprint density at radius 3 is 2.66 bits per heavy atom. The number of methoxy groups -OCH3 is 1. The van der Waals surface area contributed by atoms with Crippen LogP contribution in [-0.4, -0.2) is 37.0 Å². The Morgan fingerprint density at radius 2 is 2.00 bits per heavy atom. The number of hydrogen-bond donors (Lipinski definition) is 3. The maximum atomic E-state index is 12.3. The smallest absolute Gasteiger partial charge is 0.407 e. The van der Waals surface area contributed by atoms with Crippen molar-refractivity contribution in [3.05, 3.63) is 58.1 Å². The number of benzene rings is 2. The molecular formula is C20H22BrN3O5. The number of carbonyl (C=O) groups is 2. The van der Waals surface area contributed by atoms with Crippen molar-refractivity contribution >= 4 is 34.1 Å². The number of amides is 2. The summed E-state index contributed by atoms with van der Waals surface area (Å²) in [5.74, 6) is -0.143. The predicted molar refractivity (Wildman–Crippen MR) is 112 cm³/mol. The van der Waals surface area contributed by atoms with Gasteiger partial charge in [0.15, 0.2) is 11.5 Å². The van der Waals surface area contributed by atoms with E-state index in [1.165, 1.54) is 13.3 Å². The first kappa shape index (κ1) is 22.2. The van der Waals surface area contributed by atoms with Gasteiger partial charge in [-0.15, -0.1) is 0 Å². The normalized spacial score (nSPS) is 11.7. The van der Waals surface area contributed by atoms with Gasteiger partial charge in [-0.2, -0.15) is 5.10 Å². The topological polar surface area (TPSA) is 109 Å². The summed E-state index contributed by atoms with van der Waals surface area (Å²) in [7, 11) is 1.43. The molecule has 0 aliphatic heterocycles. The van der Waals surface area contributed by atoms with E-state index in [0.29, 0.717) is 10.0 Å². The lowest BCUT2D eigenvalue weighted by Crippen LogP contribution is -2.33. The van der Waals surface area contributed by atoms with Crippen LogP contribution in [0.2, 0.25) is 0 Å². The van der Waals surface area contributed by atoms with E-state index in [1.807, 2.05) is 30.3 Å². The van der Waals surface area contributed by atoms with Gasteiger partial charge in [0.05, 0.1) is 36.9 Å².